The van der Waals surface area contributed by atoms with Gasteiger partial charge >= 0.3 is 6.03 Å². The van der Waals surface area contributed by atoms with Crippen LogP contribution in [0.2, 0.25) is 0 Å². The number of urea groups is 1. The van der Waals surface area contributed by atoms with Crippen LogP contribution in [0.25, 0.3) is 0 Å². The number of carbonyl (C=O) groups is 3. The fourth-order valence-electron chi connectivity index (χ4n) is 4.32. The summed E-state index contributed by atoms with van der Waals surface area (Å²) in [5, 5.41) is 2.79. The zero-order chi connectivity index (χ0) is 21.3. The summed E-state index contributed by atoms with van der Waals surface area (Å²) < 4.78 is 0. The summed E-state index contributed by atoms with van der Waals surface area (Å²) in [4.78, 5) is 41.2. The number of rotatable bonds is 5. The molecule has 6 nitrogen and oxygen atoms in total. The molecule has 1 N–H and O–H groups in total. The molecule has 4 amide bonds. The zero-order valence-corrected chi connectivity index (χ0v) is 18.2. The number of imide groups is 1. The van der Waals surface area contributed by atoms with Crippen molar-refractivity contribution in [3.8, 4) is 0 Å². The number of hydrogen-bond acceptors (Lipinski definition) is 3. The molecular formula is C23H33N3O3. The van der Waals surface area contributed by atoms with Gasteiger partial charge in [0, 0.05) is 13.1 Å². The van der Waals surface area contributed by atoms with Gasteiger partial charge in [-0.1, -0.05) is 45.0 Å². The third kappa shape index (κ3) is 4.16. The molecule has 1 aliphatic carbocycles. The van der Waals surface area contributed by atoms with E-state index in [9.17, 15) is 14.4 Å². The number of nitrogens with one attached hydrogen (secondary N) is 1. The Bertz CT molecular complexity index is 781. The third-order valence-corrected chi connectivity index (χ3v) is 6.65. The Labute approximate surface area is 173 Å². The standard InChI is InChI=1S/C23H33N3O3/c1-15(2)17-8-10-18(11-9-17)23(4)21(28)26(22(29)24-23)14-20(27)25(5)19-12-6-16(3)7-13-19/h8-11,15-16,19H,6-7,12-14H2,1-5H3,(H,24,29). The van der Waals surface area contributed by atoms with E-state index in [4.69, 9.17) is 0 Å². The smallest absolute Gasteiger partial charge is 0.325 e. The molecule has 0 bridgehead atoms. The van der Waals surface area contributed by atoms with Crippen LogP contribution >= 0.6 is 0 Å². The minimum Gasteiger partial charge on any atom is -0.341 e. The zero-order valence-electron chi connectivity index (χ0n) is 18.2. The van der Waals surface area contributed by atoms with Gasteiger partial charge in [0.1, 0.15) is 12.1 Å². The first kappa shape index (κ1) is 21.3. The van der Waals surface area contributed by atoms with E-state index in [0.29, 0.717) is 11.8 Å². The van der Waals surface area contributed by atoms with E-state index in [1.807, 2.05) is 24.3 Å². The summed E-state index contributed by atoms with van der Waals surface area (Å²) in [5.74, 6) is 0.521. The molecular weight excluding hydrogens is 366 g/mol. The molecule has 1 heterocycles. The fourth-order valence-corrected chi connectivity index (χ4v) is 4.32. The molecule has 29 heavy (non-hydrogen) atoms. The highest BCUT2D eigenvalue weighted by Gasteiger charge is 2.49. The number of likely N-dealkylation sites (N-methyl/N-ethyl adjacent to an activating group) is 1. The molecule has 6 heteroatoms. The average molecular weight is 400 g/mol. The van der Waals surface area contributed by atoms with E-state index >= 15 is 0 Å². The molecule has 1 aromatic carbocycles. The topological polar surface area (TPSA) is 69.7 Å². The lowest BCUT2D eigenvalue weighted by molar-refractivity contribution is -0.139. The Balaban J connectivity index is 1.70. The van der Waals surface area contributed by atoms with Crippen molar-refractivity contribution < 1.29 is 14.4 Å². The second-order valence-corrected chi connectivity index (χ2v) is 9.14. The molecule has 2 fully saturated rings. The van der Waals surface area contributed by atoms with Crippen molar-refractivity contribution in [1.82, 2.24) is 15.1 Å². The summed E-state index contributed by atoms with van der Waals surface area (Å²) in [6.07, 6.45) is 4.17. The van der Waals surface area contributed by atoms with Crippen LogP contribution in [0, 0.1) is 5.92 Å². The minimum absolute atomic E-state index is 0.188. The van der Waals surface area contributed by atoms with Crippen molar-refractivity contribution in [2.24, 2.45) is 5.92 Å². The van der Waals surface area contributed by atoms with Crippen LogP contribution in [-0.4, -0.2) is 47.3 Å². The molecule has 158 valence electrons. The van der Waals surface area contributed by atoms with Gasteiger partial charge in [0.25, 0.3) is 5.91 Å². The van der Waals surface area contributed by atoms with Gasteiger partial charge in [-0.2, -0.15) is 0 Å². The Morgan fingerprint density at radius 2 is 1.76 bits per heavy atom. The maximum Gasteiger partial charge on any atom is 0.325 e. The van der Waals surface area contributed by atoms with Crippen molar-refractivity contribution >= 4 is 17.8 Å². The summed E-state index contributed by atoms with van der Waals surface area (Å²) in [6.45, 7) is 7.94. The fraction of sp³-hybridized carbons (Fsp3) is 0.609. The maximum absolute atomic E-state index is 13.1. The number of hydrogen-bond donors (Lipinski definition) is 1. The number of carbonyl (C=O) groups excluding carboxylic acids is 3. The number of amides is 4. The van der Waals surface area contributed by atoms with Crippen LogP contribution < -0.4 is 5.32 Å². The highest BCUT2D eigenvalue weighted by atomic mass is 16.2. The minimum atomic E-state index is -1.15. The lowest BCUT2D eigenvalue weighted by Gasteiger charge is -2.34. The predicted molar refractivity (Wildman–Crippen MR) is 112 cm³/mol. The molecule has 1 saturated heterocycles. The Morgan fingerprint density at radius 3 is 2.31 bits per heavy atom. The van der Waals surface area contributed by atoms with Gasteiger partial charge in [0.05, 0.1) is 0 Å². The van der Waals surface area contributed by atoms with E-state index in [0.717, 1.165) is 36.1 Å². The largest absolute Gasteiger partial charge is 0.341 e. The molecule has 0 aromatic heterocycles. The summed E-state index contributed by atoms with van der Waals surface area (Å²) in [5.41, 5.74) is 0.750. The highest BCUT2D eigenvalue weighted by molar-refractivity contribution is 6.09. The monoisotopic (exact) mass is 399 g/mol. The van der Waals surface area contributed by atoms with Crippen LogP contribution in [0.5, 0.6) is 0 Å². The van der Waals surface area contributed by atoms with Gasteiger partial charge in [-0.25, -0.2) is 4.79 Å². The first-order valence-electron chi connectivity index (χ1n) is 10.6. The van der Waals surface area contributed by atoms with Crippen molar-refractivity contribution in [3.63, 3.8) is 0 Å². The summed E-state index contributed by atoms with van der Waals surface area (Å²) in [7, 11) is 1.78. The molecule has 1 saturated carbocycles. The lowest BCUT2D eigenvalue weighted by atomic mass is 9.87. The van der Waals surface area contributed by atoms with E-state index in [1.165, 1.54) is 5.56 Å². The molecule has 3 rings (SSSR count). The van der Waals surface area contributed by atoms with Gasteiger partial charge in [-0.15, -0.1) is 0 Å². The van der Waals surface area contributed by atoms with E-state index in [2.05, 4.69) is 26.1 Å². The quantitative estimate of drug-likeness (QED) is 0.769. The Morgan fingerprint density at radius 1 is 1.17 bits per heavy atom. The summed E-state index contributed by atoms with van der Waals surface area (Å²) >= 11 is 0. The van der Waals surface area contributed by atoms with Crippen LogP contribution in [0.1, 0.15) is 70.4 Å². The molecule has 1 atom stereocenters. The third-order valence-electron chi connectivity index (χ3n) is 6.65. The second-order valence-electron chi connectivity index (χ2n) is 9.14. The van der Waals surface area contributed by atoms with Crippen molar-refractivity contribution in [2.45, 2.75) is 70.9 Å². The van der Waals surface area contributed by atoms with Crippen LogP contribution in [0.15, 0.2) is 24.3 Å². The normalized spacial score (nSPS) is 27.3. The SMILES string of the molecule is CC1CCC(N(C)C(=O)CN2C(=O)NC(C)(c3ccc(C(C)C)cc3)C2=O)CC1. The van der Waals surface area contributed by atoms with Gasteiger partial charge in [-0.05, 0) is 55.6 Å². The van der Waals surface area contributed by atoms with Crippen LogP contribution in [0.3, 0.4) is 0 Å². The molecule has 0 spiro atoms. The molecule has 1 aliphatic heterocycles. The van der Waals surface area contributed by atoms with E-state index in [-0.39, 0.29) is 24.4 Å². The average Bonchev–Trinajstić information content (AvgIpc) is 2.92. The number of nitrogens with zero attached hydrogens (tertiary/aromatic N) is 2. The Hall–Kier alpha value is -2.37. The van der Waals surface area contributed by atoms with Crippen LogP contribution in [0.4, 0.5) is 4.79 Å². The van der Waals surface area contributed by atoms with Gasteiger partial charge < -0.3 is 10.2 Å². The first-order chi connectivity index (χ1) is 13.6. The maximum atomic E-state index is 13.1. The van der Waals surface area contributed by atoms with E-state index in [1.54, 1.807) is 18.9 Å². The Kier molecular flexibility index (Phi) is 6.01. The van der Waals surface area contributed by atoms with Crippen molar-refractivity contribution in [2.75, 3.05) is 13.6 Å². The molecule has 1 aromatic rings. The molecule has 2 aliphatic rings. The van der Waals surface area contributed by atoms with Crippen molar-refractivity contribution in [3.05, 3.63) is 35.4 Å². The van der Waals surface area contributed by atoms with E-state index < -0.39 is 11.6 Å². The van der Waals surface area contributed by atoms with Gasteiger partial charge in [0.2, 0.25) is 5.91 Å². The molecule has 0 radical (unpaired) electrons. The van der Waals surface area contributed by atoms with Crippen molar-refractivity contribution in [1.29, 1.82) is 0 Å². The molecule has 1 unspecified atom stereocenters. The lowest BCUT2D eigenvalue weighted by Crippen LogP contribution is -2.47. The second kappa shape index (κ2) is 8.17. The highest BCUT2D eigenvalue weighted by Crippen LogP contribution is 2.31. The van der Waals surface area contributed by atoms with Crippen LogP contribution in [-0.2, 0) is 15.1 Å². The predicted octanol–water partition coefficient (Wildman–Crippen LogP) is 3.61. The van der Waals surface area contributed by atoms with Gasteiger partial charge in [0.15, 0.2) is 0 Å². The summed E-state index contributed by atoms with van der Waals surface area (Å²) in [6, 6.07) is 7.41. The number of benzene rings is 1. The van der Waals surface area contributed by atoms with Gasteiger partial charge in [-0.3, -0.25) is 14.5 Å². The first-order valence-corrected chi connectivity index (χ1v) is 10.6.